The van der Waals surface area contributed by atoms with E-state index in [4.69, 9.17) is 0 Å². The summed E-state index contributed by atoms with van der Waals surface area (Å²) in [6, 6.07) is 13.5. The van der Waals surface area contributed by atoms with Crippen LogP contribution in [0.2, 0.25) is 0 Å². The van der Waals surface area contributed by atoms with Crippen molar-refractivity contribution in [2.24, 2.45) is 17.8 Å². The lowest BCUT2D eigenvalue weighted by molar-refractivity contribution is -0.130. The molecule has 4 aromatic rings. The van der Waals surface area contributed by atoms with Crippen LogP contribution in [0.3, 0.4) is 0 Å². The number of hydrogen-bond acceptors (Lipinski definition) is 6. The lowest BCUT2D eigenvalue weighted by Crippen LogP contribution is -2.53. The van der Waals surface area contributed by atoms with Crippen LogP contribution in [0.25, 0.3) is 21.5 Å². The Morgan fingerprint density at radius 3 is 2.52 bits per heavy atom. The van der Waals surface area contributed by atoms with Crippen LogP contribution in [0.4, 0.5) is 0 Å². The highest BCUT2D eigenvalue weighted by Gasteiger charge is 2.50. The quantitative estimate of drug-likeness (QED) is 0.181. The lowest BCUT2D eigenvalue weighted by atomic mass is 9.76. The third kappa shape index (κ3) is 5.38. The van der Waals surface area contributed by atoms with Crippen LogP contribution in [0.15, 0.2) is 41.8 Å². The van der Waals surface area contributed by atoms with Gasteiger partial charge in [0.25, 0.3) is 0 Å². The van der Waals surface area contributed by atoms with E-state index < -0.39 is 5.41 Å². The molecule has 44 heavy (non-hydrogen) atoms. The first kappa shape index (κ1) is 29.9. The summed E-state index contributed by atoms with van der Waals surface area (Å²) < 4.78 is 0. The number of rotatable bonds is 10. The second kappa shape index (κ2) is 11.5. The van der Waals surface area contributed by atoms with Crippen LogP contribution in [0.1, 0.15) is 66.0 Å². The highest BCUT2D eigenvalue weighted by atomic mass is 32.1. The number of nitrogens with zero attached hydrogens (tertiary/aromatic N) is 1. The van der Waals surface area contributed by atoms with Crippen molar-refractivity contribution in [3.63, 3.8) is 0 Å². The summed E-state index contributed by atoms with van der Waals surface area (Å²) in [5.74, 6) is 1.28. The molecule has 8 heteroatoms. The lowest BCUT2D eigenvalue weighted by Gasteiger charge is -2.38. The standard InChI is InChI=1S/C36H44N4O2S2/c1-20-11-21(2)13-24(12-20)32-30(22(3)15-38-34(42)25-17-40(18-25)19-26-7-6-10-43-26)27-14-29(44-35(27)39-32)36(4,5)33(41)31-23-8-9-28(31)37-16-23/h6-7,10-14,22-23,25,28,31,37,39H,8-9,15-19H2,1-5H3,(H,38,42)/t22-,23?,28?,31?/m1/s1. The number of likely N-dealkylation sites (tertiary alicyclic amines) is 1. The molecule has 3 aliphatic rings. The van der Waals surface area contributed by atoms with Gasteiger partial charge in [0.1, 0.15) is 10.6 Å². The van der Waals surface area contributed by atoms with Crippen LogP contribution in [-0.4, -0.2) is 53.8 Å². The Labute approximate surface area is 268 Å². The largest absolute Gasteiger partial charge is 0.355 e. The van der Waals surface area contributed by atoms with Gasteiger partial charge in [-0.25, -0.2) is 0 Å². The number of carbonyl (C=O) groups excluding carboxylic acids is 2. The van der Waals surface area contributed by atoms with Gasteiger partial charge in [-0.3, -0.25) is 14.5 Å². The molecule has 6 nitrogen and oxygen atoms in total. The molecule has 5 heterocycles. The molecule has 1 aliphatic carbocycles. The number of piperidine rings is 1. The number of aromatic nitrogens is 1. The second-order valence-corrected chi connectivity index (χ2v) is 16.2. The van der Waals surface area contributed by atoms with Crippen molar-refractivity contribution in [2.75, 3.05) is 26.2 Å². The Balaban J connectivity index is 1.13. The van der Waals surface area contributed by atoms with E-state index in [1.54, 1.807) is 22.7 Å². The average molecular weight is 629 g/mol. The monoisotopic (exact) mass is 628 g/mol. The summed E-state index contributed by atoms with van der Waals surface area (Å²) in [7, 11) is 0. The van der Waals surface area contributed by atoms with Crippen LogP contribution >= 0.6 is 22.7 Å². The number of ketones is 1. The van der Waals surface area contributed by atoms with Gasteiger partial charge in [-0.1, -0.05) is 30.2 Å². The minimum atomic E-state index is -0.546. The number of carbonyl (C=O) groups is 2. The molecule has 232 valence electrons. The predicted octanol–water partition coefficient (Wildman–Crippen LogP) is 6.77. The molecule has 2 aliphatic heterocycles. The molecule has 0 spiro atoms. The van der Waals surface area contributed by atoms with E-state index in [-0.39, 0.29) is 23.7 Å². The van der Waals surface area contributed by atoms with Crippen molar-refractivity contribution >= 4 is 44.6 Å². The third-order valence-corrected chi connectivity index (χ3v) is 12.6. The normalized spacial score (nSPS) is 22.9. The number of H-pyrrole nitrogens is 1. The highest BCUT2D eigenvalue weighted by Crippen LogP contribution is 2.46. The zero-order valence-corrected chi connectivity index (χ0v) is 28.1. The number of amides is 1. The van der Waals surface area contributed by atoms with Crippen LogP contribution in [0, 0.1) is 31.6 Å². The topological polar surface area (TPSA) is 77.2 Å². The fraction of sp³-hybridized carbons (Fsp3) is 0.500. The fourth-order valence-electron chi connectivity index (χ4n) is 7.93. The molecule has 2 bridgehead atoms. The van der Waals surface area contributed by atoms with Gasteiger partial charge in [-0.2, -0.15) is 0 Å². The van der Waals surface area contributed by atoms with Gasteiger partial charge in [0.2, 0.25) is 5.91 Å². The first-order valence-corrected chi connectivity index (χ1v) is 17.8. The van der Waals surface area contributed by atoms with Gasteiger partial charge in [0, 0.05) is 59.2 Å². The molecule has 1 saturated carbocycles. The fourth-order valence-corrected chi connectivity index (χ4v) is 9.86. The van der Waals surface area contributed by atoms with E-state index in [1.165, 1.54) is 32.5 Å². The minimum absolute atomic E-state index is 0.0484. The summed E-state index contributed by atoms with van der Waals surface area (Å²) in [5, 5.41) is 10.2. The zero-order chi connectivity index (χ0) is 30.7. The Morgan fingerprint density at radius 2 is 1.89 bits per heavy atom. The van der Waals surface area contributed by atoms with E-state index in [2.05, 4.69) is 96.9 Å². The van der Waals surface area contributed by atoms with Gasteiger partial charge in [-0.05, 0) is 93.8 Å². The molecular weight excluding hydrogens is 585 g/mol. The van der Waals surface area contributed by atoms with Crippen molar-refractivity contribution in [3.8, 4) is 11.3 Å². The molecule has 3 fully saturated rings. The van der Waals surface area contributed by atoms with Crippen molar-refractivity contribution in [3.05, 3.63) is 68.2 Å². The van der Waals surface area contributed by atoms with Gasteiger partial charge >= 0.3 is 0 Å². The number of aryl methyl sites for hydroxylation is 2. The number of thiophene rings is 2. The maximum Gasteiger partial charge on any atom is 0.225 e. The zero-order valence-electron chi connectivity index (χ0n) is 26.5. The number of hydrogen-bond donors (Lipinski definition) is 3. The average Bonchev–Trinajstić information content (AvgIpc) is 3.79. The molecule has 1 amide bonds. The Hall–Kier alpha value is -2.78. The van der Waals surface area contributed by atoms with E-state index in [0.717, 1.165) is 54.4 Å². The number of fused-ring (bicyclic) bond motifs is 3. The van der Waals surface area contributed by atoms with E-state index in [0.29, 0.717) is 24.3 Å². The number of benzene rings is 1. The molecule has 2 saturated heterocycles. The van der Waals surface area contributed by atoms with Crippen LogP contribution < -0.4 is 10.6 Å². The molecule has 3 unspecified atom stereocenters. The summed E-state index contributed by atoms with van der Waals surface area (Å²) in [4.78, 5) is 36.9. The van der Waals surface area contributed by atoms with Crippen LogP contribution in [0.5, 0.6) is 0 Å². The predicted molar refractivity (Wildman–Crippen MR) is 182 cm³/mol. The minimum Gasteiger partial charge on any atom is -0.355 e. The summed E-state index contributed by atoms with van der Waals surface area (Å²) in [6.45, 7) is 14.8. The van der Waals surface area contributed by atoms with Gasteiger partial charge in [0.15, 0.2) is 0 Å². The van der Waals surface area contributed by atoms with Gasteiger partial charge in [0.05, 0.1) is 17.0 Å². The molecule has 4 atom stereocenters. The van der Waals surface area contributed by atoms with E-state index in [9.17, 15) is 9.59 Å². The molecule has 3 aromatic heterocycles. The molecule has 7 rings (SSSR count). The molecule has 0 radical (unpaired) electrons. The van der Waals surface area contributed by atoms with E-state index in [1.807, 2.05) is 0 Å². The Bertz CT molecular complexity index is 1650. The molecule has 3 N–H and O–H groups in total. The first-order valence-electron chi connectivity index (χ1n) is 16.1. The maximum atomic E-state index is 14.0. The van der Waals surface area contributed by atoms with Gasteiger partial charge < -0.3 is 15.6 Å². The van der Waals surface area contributed by atoms with Crippen molar-refractivity contribution in [2.45, 2.75) is 71.4 Å². The van der Waals surface area contributed by atoms with Crippen molar-refractivity contribution in [1.82, 2.24) is 20.5 Å². The van der Waals surface area contributed by atoms with Crippen molar-refractivity contribution < 1.29 is 9.59 Å². The highest BCUT2D eigenvalue weighted by molar-refractivity contribution is 7.19. The second-order valence-electron chi connectivity index (χ2n) is 14.1. The number of aromatic amines is 1. The molecule has 1 aromatic carbocycles. The van der Waals surface area contributed by atoms with E-state index >= 15 is 0 Å². The first-order chi connectivity index (χ1) is 21.1. The smallest absolute Gasteiger partial charge is 0.225 e. The Morgan fingerprint density at radius 1 is 1.11 bits per heavy atom. The third-order valence-electron chi connectivity index (χ3n) is 10.4. The number of Topliss-reactive ketones (excluding diaryl/α,β-unsaturated/α-hetero) is 1. The summed E-state index contributed by atoms with van der Waals surface area (Å²) >= 11 is 3.50. The number of nitrogens with one attached hydrogen (secondary N) is 3. The van der Waals surface area contributed by atoms with Crippen molar-refractivity contribution in [1.29, 1.82) is 0 Å². The van der Waals surface area contributed by atoms with Gasteiger partial charge in [-0.15, -0.1) is 22.7 Å². The molecular formula is C36H44N4O2S2. The Kier molecular flexibility index (Phi) is 7.84. The maximum absolute atomic E-state index is 14.0. The van der Waals surface area contributed by atoms with Crippen LogP contribution in [-0.2, 0) is 21.5 Å². The summed E-state index contributed by atoms with van der Waals surface area (Å²) in [6.07, 6.45) is 2.28. The summed E-state index contributed by atoms with van der Waals surface area (Å²) in [5.41, 5.74) is 5.44. The SMILES string of the molecule is Cc1cc(C)cc(-c2[nH]c3sc(C(C)(C)C(=O)C4C5CCC4NC5)cc3c2[C@H](C)CNC(=O)C2CN(Cc3cccs3)C2)c1.